The van der Waals surface area contributed by atoms with Crippen molar-refractivity contribution in [1.82, 2.24) is 4.90 Å². The molecule has 1 fully saturated rings. The minimum absolute atomic E-state index is 0.310. The van der Waals surface area contributed by atoms with E-state index in [1.807, 2.05) is 0 Å². The summed E-state index contributed by atoms with van der Waals surface area (Å²) in [7, 11) is -3.32. The van der Waals surface area contributed by atoms with Gasteiger partial charge in [-0.1, -0.05) is 0 Å². The Balaban J connectivity index is 1.89. The lowest BCUT2D eigenvalue weighted by Gasteiger charge is -2.22. The number of carboxylic acids is 1. The molecule has 1 atom stereocenters. The molecule has 1 aromatic rings. The minimum atomic E-state index is -3.32. The van der Waals surface area contributed by atoms with Crippen molar-refractivity contribution in [3.63, 3.8) is 0 Å². The molecule has 0 aliphatic carbocycles. The first kappa shape index (κ1) is 15.8. The maximum absolute atomic E-state index is 12.6. The fraction of sp³-hybridized carbons (Fsp3) is 0.467. The van der Waals surface area contributed by atoms with Crippen LogP contribution in [0.3, 0.4) is 0 Å². The maximum Gasteiger partial charge on any atom is 0.326 e. The molecule has 0 unspecified atom stereocenters. The highest BCUT2D eigenvalue weighted by Crippen LogP contribution is 2.31. The van der Waals surface area contributed by atoms with E-state index in [0.717, 1.165) is 11.8 Å². The van der Waals surface area contributed by atoms with E-state index >= 15 is 0 Å². The maximum atomic E-state index is 12.6. The summed E-state index contributed by atoms with van der Waals surface area (Å²) in [6.45, 7) is 0.801. The highest BCUT2D eigenvalue weighted by atomic mass is 32.2. The van der Waals surface area contributed by atoms with E-state index < -0.39 is 22.0 Å². The lowest BCUT2D eigenvalue weighted by Crippen LogP contribution is -2.40. The monoisotopic (exact) mass is 338 g/mol. The second-order valence-corrected chi connectivity index (χ2v) is 7.83. The van der Waals surface area contributed by atoms with Gasteiger partial charge in [0.25, 0.3) is 5.91 Å². The average molecular weight is 338 g/mol. The molecule has 3 rings (SSSR count). The van der Waals surface area contributed by atoms with Crippen molar-refractivity contribution in [2.75, 3.05) is 23.7 Å². The van der Waals surface area contributed by atoms with Crippen LogP contribution in [-0.2, 0) is 21.2 Å². The van der Waals surface area contributed by atoms with Gasteiger partial charge in [0.1, 0.15) is 6.04 Å². The summed E-state index contributed by atoms with van der Waals surface area (Å²) in [4.78, 5) is 25.2. The third-order valence-electron chi connectivity index (χ3n) is 4.38. The minimum Gasteiger partial charge on any atom is -0.480 e. The first-order valence-corrected chi connectivity index (χ1v) is 9.28. The Labute approximate surface area is 134 Å². The fourth-order valence-corrected chi connectivity index (χ4v) is 4.24. The number of fused-ring (bicyclic) bond motifs is 1. The van der Waals surface area contributed by atoms with Gasteiger partial charge in [-0.3, -0.25) is 9.10 Å². The molecule has 0 aromatic heterocycles. The molecule has 8 heteroatoms. The van der Waals surface area contributed by atoms with Crippen LogP contribution in [0.1, 0.15) is 28.8 Å². The van der Waals surface area contributed by atoms with E-state index in [1.54, 1.807) is 18.2 Å². The number of carbonyl (C=O) groups excluding carboxylic acids is 1. The van der Waals surface area contributed by atoms with Crippen molar-refractivity contribution < 1.29 is 23.1 Å². The smallest absolute Gasteiger partial charge is 0.326 e. The first-order valence-electron chi connectivity index (χ1n) is 7.43. The topological polar surface area (TPSA) is 95.0 Å². The first-order chi connectivity index (χ1) is 10.8. The van der Waals surface area contributed by atoms with Gasteiger partial charge in [-0.2, -0.15) is 0 Å². The summed E-state index contributed by atoms with van der Waals surface area (Å²) < 4.78 is 24.8. The molecule has 7 nitrogen and oxygen atoms in total. The number of rotatable bonds is 3. The van der Waals surface area contributed by atoms with Crippen LogP contribution in [0.25, 0.3) is 0 Å². The van der Waals surface area contributed by atoms with Gasteiger partial charge in [-0.15, -0.1) is 0 Å². The molecule has 1 amide bonds. The Hall–Kier alpha value is -2.09. The number of sulfonamides is 1. The number of carboxylic acid groups (broad SMARTS) is 1. The molecule has 1 aromatic carbocycles. The SMILES string of the molecule is CS(=O)(=O)N1CCc2cc(C(=O)N3CCC[C@@H]3C(=O)O)ccc21. The molecule has 23 heavy (non-hydrogen) atoms. The van der Waals surface area contributed by atoms with Crippen molar-refractivity contribution >= 4 is 27.6 Å². The highest BCUT2D eigenvalue weighted by molar-refractivity contribution is 7.92. The van der Waals surface area contributed by atoms with Gasteiger partial charge >= 0.3 is 5.97 Å². The predicted octanol–water partition coefficient (Wildman–Crippen LogP) is 0.698. The van der Waals surface area contributed by atoms with Crippen LogP contribution < -0.4 is 4.31 Å². The average Bonchev–Trinajstić information content (AvgIpc) is 3.11. The zero-order valence-corrected chi connectivity index (χ0v) is 13.5. The van der Waals surface area contributed by atoms with E-state index in [2.05, 4.69) is 0 Å². The lowest BCUT2D eigenvalue weighted by molar-refractivity contribution is -0.141. The van der Waals surface area contributed by atoms with Crippen LogP contribution in [0, 0.1) is 0 Å². The Morgan fingerprint density at radius 1 is 1.26 bits per heavy atom. The number of anilines is 1. The van der Waals surface area contributed by atoms with Crippen molar-refractivity contribution in [1.29, 1.82) is 0 Å². The summed E-state index contributed by atoms with van der Waals surface area (Å²) in [5, 5.41) is 9.19. The number of carbonyl (C=O) groups is 2. The van der Waals surface area contributed by atoms with E-state index in [4.69, 9.17) is 0 Å². The van der Waals surface area contributed by atoms with Gasteiger partial charge in [0, 0.05) is 18.7 Å². The van der Waals surface area contributed by atoms with E-state index in [1.165, 1.54) is 9.21 Å². The molecule has 0 radical (unpaired) electrons. The Kier molecular flexibility index (Phi) is 3.79. The van der Waals surface area contributed by atoms with Crippen LogP contribution in [0.2, 0.25) is 0 Å². The van der Waals surface area contributed by atoms with E-state index in [0.29, 0.717) is 43.6 Å². The molecule has 124 valence electrons. The quantitative estimate of drug-likeness (QED) is 0.875. The van der Waals surface area contributed by atoms with Crippen molar-refractivity contribution in [3.8, 4) is 0 Å². The lowest BCUT2D eigenvalue weighted by atomic mass is 10.1. The molecular weight excluding hydrogens is 320 g/mol. The zero-order valence-electron chi connectivity index (χ0n) is 12.7. The van der Waals surface area contributed by atoms with Crippen molar-refractivity contribution in [3.05, 3.63) is 29.3 Å². The summed E-state index contributed by atoms with van der Waals surface area (Å²) in [5.74, 6) is -1.30. The fourth-order valence-electron chi connectivity index (χ4n) is 3.28. The van der Waals surface area contributed by atoms with Gasteiger partial charge in [0.2, 0.25) is 10.0 Å². The van der Waals surface area contributed by atoms with E-state index in [9.17, 15) is 23.1 Å². The zero-order chi connectivity index (χ0) is 16.8. The third-order valence-corrected chi connectivity index (χ3v) is 5.56. The van der Waals surface area contributed by atoms with Crippen LogP contribution in [-0.4, -0.2) is 55.7 Å². The van der Waals surface area contributed by atoms with Gasteiger partial charge in [-0.25, -0.2) is 13.2 Å². The molecule has 2 aliphatic heterocycles. The van der Waals surface area contributed by atoms with Crippen LogP contribution in [0.5, 0.6) is 0 Å². The second kappa shape index (κ2) is 5.52. The summed E-state index contributed by atoms with van der Waals surface area (Å²) in [6, 6.07) is 4.10. The molecule has 1 saturated heterocycles. The number of aliphatic carboxylic acids is 1. The van der Waals surface area contributed by atoms with Crippen molar-refractivity contribution in [2.24, 2.45) is 0 Å². The van der Waals surface area contributed by atoms with Gasteiger partial charge < -0.3 is 10.0 Å². The Bertz CT molecular complexity index is 774. The highest BCUT2D eigenvalue weighted by Gasteiger charge is 2.35. The summed E-state index contributed by atoms with van der Waals surface area (Å²) in [5.41, 5.74) is 1.81. The largest absolute Gasteiger partial charge is 0.480 e. The molecule has 0 saturated carbocycles. The van der Waals surface area contributed by atoms with Crippen LogP contribution >= 0.6 is 0 Å². The number of hydrogen-bond donors (Lipinski definition) is 1. The van der Waals surface area contributed by atoms with Crippen LogP contribution in [0.4, 0.5) is 5.69 Å². The molecule has 2 heterocycles. The summed E-state index contributed by atoms with van der Waals surface area (Å²) in [6.07, 6.45) is 2.85. The number of amides is 1. The Morgan fingerprint density at radius 2 is 2.00 bits per heavy atom. The van der Waals surface area contributed by atoms with Crippen LogP contribution in [0.15, 0.2) is 18.2 Å². The number of benzene rings is 1. The third kappa shape index (κ3) is 2.78. The summed E-state index contributed by atoms with van der Waals surface area (Å²) >= 11 is 0. The standard InChI is InChI=1S/C15H18N2O5S/c1-23(21,22)17-8-6-10-9-11(4-5-12(10)17)14(18)16-7-2-3-13(16)15(19)20/h4-5,9,13H,2-3,6-8H2,1H3,(H,19,20)/t13-/m1/s1. The molecule has 0 spiro atoms. The second-order valence-electron chi connectivity index (χ2n) is 5.92. The number of nitrogens with zero attached hydrogens (tertiary/aromatic N) is 2. The van der Waals surface area contributed by atoms with E-state index in [-0.39, 0.29) is 5.91 Å². The number of likely N-dealkylation sites (tertiary alicyclic amines) is 1. The molecule has 1 N–H and O–H groups in total. The predicted molar refractivity (Wildman–Crippen MR) is 84.0 cm³/mol. The number of hydrogen-bond acceptors (Lipinski definition) is 4. The van der Waals surface area contributed by atoms with Gasteiger partial charge in [0.05, 0.1) is 11.9 Å². The Morgan fingerprint density at radius 3 is 2.65 bits per heavy atom. The normalized spacial score (nSPS) is 20.7. The van der Waals surface area contributed by atoms with Crippen molar-refractivity contribution in [2.45, 2.75) is 25.3 Å². The van der Waals surface area contributed by atoms with Gasteiger partial charge in [-0.05, 0) is 43.0 Å². The molecule has 0 bridgehead atoms. The van der Waals surface area contributed by atoms with Gasteiger partial charge in [0.15, 0.2) is 0 Å². The molecule has 2 aliphatic rings. The molecular formula is C15H18N2O5S.